The Kier molecular flexibility index (Phi) is 1.88. The van der Waals surface area contributed by atoms with Crippen molar-refractivity contribution in [3.05, 3.63) is 23.9 Å². The van der Waals surface area contributed by atoms with E-state index < -0.39 is 0 Å². The van der Waals surface area contributed by atoms with Gasteiger partial charge >= 0.3 is 0 Å². The molecule has 4 heteroatoms. The molecule has 0 aromatic rings. The van der Waals surface area contributed by atoms with Gasteiger partial charge in [0.25, 0.3) is 5.91 Å². The molecule has 0 unspecified atom stereocenters. The molecule has 68 valence electrons. The van der Waals surface area contributed by atoms with Crippen LogP contribution in [0.3, 0.4) is 0 Å². The number of likely N-dealkylation sites (N-methyl/N-ethyl adjacent to an activating group) is 1. The van der Waals surface area contributed by atoms with Crippen LogP contribution in [0.2, 0.25) is 0 Å². The summed E-state index contributed by atoms with van der Waals surface area (Å²) < 4.78 is 0. The van der Waals surface area contributed by atoms with Gasteiger partial charge in [0.05, 0.1) is 6.54 Å². The zero-order valence-corrected chi connectivity index (χ0v) is 7.45. The third kappa shape index (κ3) is 1.35. The minimum atomic E-state index is -0.0644. The maximum atomic E-state index is 11.3. The van der Waals surface area contributed by atoms with Gasteiger partial charge in [-0.2, -0.15) is 0 Å². The van der Waals surface area contributed by atoms with Crippen LogP contribution >= 0.6 is 0 Å². The normalized spacial score (nSPS) is 19.3. The zero-order chi connectivity index (χ0) is 9.26. The van der Waals surface area contributed by atoms with Crippen LogP contribution < -0.4 is 5.32 Å². The summed E-state index contributed by atoms with van der Waals surface area (Å²) in [5.74, 6) is 0.826. The van der Waals surface area contributed by atoms with E-state index in [1.807, 2.05) is 23.3 Å². The molecule has 2 heterocycles. The lowest BCUT2D eigenvalue weighted by Crippen LogP contribution is -2.27. The van der Waals surface area contributed by atoms with Crippen molar-refractivity contribution in [3.8, 4) is 0 Å². The molecule has 0 saturated carbocycles. The highest BCUT2D eigenvalue weighted by molar-refractivity contribution is 6.06. The Morgan fingerprint density at radius 3 is 3.31 bits per heavy atom. The van der Waals surface area contributed by atoms with Crippen molar-refractivity contribution in [1.82, 2.24) is 10.2 Å². The maximum absolute atomic E-state index is 11.3. The summed E-state index contributed by atoms with van der Waals surface area (Å²) in [5.41, 5.74) is 0.666. The Morgan fingerprint density at radius 2 is 2.54 bits per heavy atom. The Morgan fingerprint density at radius 1 is 1.69 bits per heavy atom. The molecule has 0 fully saturated rings. The number of hydrogen-bond acceptors (Lipinski definition) is 3. The lowest BCUT2D eigenvalue weighted by atomic mass is 10.1. The fraction of sp³-hybridized carbons (Fsp3) is 0.333. The van der Waals surface area contributed by atoms with E-state index in [-0.39, 0.29) is 5.91 Å². The maximum Gasteiger partial charge on any atom is 0.251 e. The molecule has 13 heavy (non-hydrogen) atoms. The molecule has 1 N–H and O–H groups in total. The van der Waals surface area contributed by atoms with Gasteiger partial charge in [0.2, 0.25) is 0 Å². The van der Waals surface area contributed by atoms with E-state index in [4.69, 9.17) is 0 Å². The van der Waals surface area contributed by atoms with Crippen molar-refractivity contribution >= 4 is 11.7 Å². The van der Waals surface area contributed by atoms with Crippen molar-refractivity contribution in [2.45, 2.75) is 0 Å². The van der Waals surface area contributed by atoms with E-state index in [1.54, 1.807) is 7.05 Å². The number of amides is 1. The van der Waals surface area contributed by atoms with Gasteiger partial charge in [0, 0.05) is 25.4 Å². The topological polar surface area (TPSA) is 44.7 Å². The molecule has 2 aliphatic rings. The molecule has 0 aromatic carbocycles. The van der Waals surface area contributed by atoms with Gasteiger partial charge in [0.15, 0.2) is 0 Å². The minimum absolute atomic E-state index is 0.0644. The number of aliphatic imine (C=N–C) groups is 1. The smallest absolute Gasteiger partial charge is 0.251 e. The molecule has 0 atom stereocenters. The fourth-order valence-corrected chi connectivity index (χ4v) is 1.40. The molecule has 1 amide bonds. The van der Waals surface area contributed by atoms with Gasteiger partial charge in [0.1, 0.15) is 5.84 Å². The predicted molar refractivity (Wildman–Crippen MR) is 50.3 cm³/mol. The van der Waals surface area contributed by atoms with E-state index in [0.29, 0.717) is 5.57 Å². The molecular weight excluding hydrogens is 166 g/mol. The number of nitrogens with one attached hydrogen (secondary N) is 1. The molecule has 0 spiro atoms. The largest absolute Gasteiger partial charge is 0.355 e. The van der Waals surface area contributed by atoms with Crippen molar-refractivity contribution < 1.29 is 4.79 Å². The number of carbonyl (C=O) groups excluding carboxylic acids is 1. The lowest BCUT2D eigenvalue weighted by Gasteiger charge is -2.17. The minimum Gasteiger partial charge on any atom is -0.355 e. The van der Waals surface area contributed by atoms with Gasteiger partial charge in [-0.05, 0) is 12.2 Å². The average Bonchev–Trinajstić information content (AvgIpc) is 2.63. The van der Waals surface area contributed by atoms with Gasteiger partial charge in [-0.25, -0.2) is 0 Å². The quantitative estimate of drug-likeness (QED) is 0.608. The predicted octanol–water partition coefficient (Wildman–Crippen LogP) is -0.0998. The number of carbonyl (C=O) groups is 1. The molecular formula is C9H11N3O. The average molecular weight is 177 g/mol. The summed E-state index contributed by atoms with van der Waals surface area (Å²) in [5, 5.41) is 2.58. The third-order valence-electron chi connectivity index (χ3n) is 2.12. The first-order valence-electron chi connectivity index (χ1n) is 4.24. The summed E-state index contributed by atoms with van der Waals surface area (Å²) in [6.45, 7) is 1.74. The van der Waals surface area contributed by atoms with E-state index in [2.05, 4.69) is 10.3 Å². The second kappa shape index (κ2) is 3.05. The van der Waals surface area contributed by atoms with E-state index >= 15 is 0 Å². The molecule has 0 aliphatic carbocycles. The SMILES string of the molecule is CNC(=O)C1=CC2=NCCN2C=C1. The summed E-state index contributed by atoms with van der Waals surface area (Å²) in [6.07, 6.45) is 5.52. The summed E-state index contributed by atoms with van der Waals surface area (Å²) in [4.78, 5) is 17.5. The first-order valence-corrected chi connectivity index (χ1v) is 4.24. The summed E-state index contributed by atoms with van der Waals surface area (Å²) in [6, 6.07) is 0. The molecule has 0 aromatic heterocycles. The summed E-state index contributed by atoms with van der Waals surface area (Å²) >= 11 is 0. The zero-order valence-electron chi connectivity index (χ0n) is 7.45. The molecule has 2 rings (SSSR count). The summed E-state index contributed by atoms with van der Waals surface area (Å²) in [7, 11) is 1.62. The van der Waals surface area contributed by atoms with Crippen LogP contribution in [-0.2, 0) is 4.79 Å². The Labute approximate surface area is 76.6 Å². The Hall–Kier alpha value is -1.58. The highest BCUT2D eigenvalue weighted by atomic mass is 16.1. The van der Waals surface area contributed by atoms with Crippen LogP contribution in [-0.4, -0.2) is 36.8 Å². The van der Waals surface area contributed by atoms with Gasteiger partial charge in [-0.15, -0.1) is 0 Å². The van der Waals surface area contributed by atoms with Crippen LogP contribution in [0, 0.1) is 0 Å². The second-order valence-electron chi connectivity index (χ2n) is 2.93. The molecule has 0 saturated heterocycles. The number of hydrogen-bond donors (Lipinski definition) is 1. The van der Waals surface area contributed by atoms with E-state index in [9.17, 15) is 4.79 Å². The van der Waals surface area contributed by atoms with E-state index in [0.717, 1.165) is 18.9 Å². The lowest BCUT2D eigenvalue weighted by molar-refractivity contribution is -0.116. The number of rotatable bonds is 1. The standard InChI is InChI=1S/C9H11N3O/c1-10-9(13)7-2-4-12-5-3-11-8(12)6-7/h2,4,6H,3,5H2,1H3,(H,10,13). The molecule has 4 nitrogen and oxygen atoms in total. The van der Waals surface area contributed by atoms with Crippen LogP contribution in [0.25, 0.3) is 0 Å². The van der Waals surface area contributed by atoms with Gasteiger partial charge < -0.3 is 10.2 Å². The van der Waals surface area contributed by atoms with E-state index in [1.165, 1.54) is 0 Å². The van der Waals surface area contributed by atoms with Crippen molar-refractivity contribution in [2.75, 3.05) is 20.1 Å². The first-order chi connectivity index (χ1) is 6.31. The third-order valence-corrected chi connectivity index (χ3v) is 2.12. The van der Waals surface area contributed by atoms with Crippen LogP contribution in [0.5, 0.6) is 0 Å². The van der Waals surface area contributed by atoms with Gasteiger partial charge in [-0.3, -0.25) is 9.79 Å². The Bertz CT molecular complexity index is 328. The van der Waals surface area contributed by atoms with Crippen molar-refractivity contribution in [3.63, 3.8) is 0 Å². The monoisotopic (exact) mass is 177 g/mol. The number of nitrogens with zero attached hydrogens (tertiary/aromatic N) is 2. The number of fused-ring (bicyclic) bond motifs is 1. The number of amidine groups is 1. The van der Waals surface area contributed by atoms with Crippen molar-refractivity contribution in [2.24, 2.45) is 4.99 Å². The highest BCUT2D eigenvalue weighted by Gasteiger charge is 2.18. The Balaban J connectivity index is 2.24. The van der Waals surface area contributed by atoms with Gasteiger partial charge in [-0.1, -0.05) is 0 Å². The first kappa shape index (κ1) is 8.04. The second-order valence-corrected chi connectivity index (χ2v) is 2.93. The fourth-order valence-electron chi connectivity index (χ4n) is 1.40. The molecule has 2 aliphatic heterocycles. The van der Waals surface area contributed by atoms with Crippen LogP contribution in [0.1, 0.15) is 0 Å². The highest BCUT2D eigenvalue weighted by Crippen LogP contribution is 2.13. The van der Waals surface area contributed by atoms with Crippen molar-refractivity contribution in [1.29, 1.82) is 0 Å². The molecule has 0 radical (unpaired) electrons. The van der Waals surface area contributed by atoms with Crippen LogP contribution in [0.4, 0.5) is 0 Å². The molecule has 0 bridgehead atoms. The van der Waals surface area contributed by atoms with Crippen LogP contribution in [0.15, 0.2) is 28.9 Å².